The largest absolute Gasteiger partial charge is 0.497 e. The Kier molecular flexibility index (Phi) is 5.01. The van der Waals surface area contributed by atoms with Crippen LogP contribution >= 0.6 is 11.6 Å². The highest BCUT2D eigenvalue weighted by molar-refractivity contribution is 6.30. The SMILES string of the molecule is COc1ccc(C[NH2+]Cc2ccc(-c3ccc(Cl)cc3)o2)cc1. The monoisotopic (exact) mass is 328 g/mol. The van der Waals surface area contributed by atoms with Gasteiger partial charge in [0.05, 0.1) is 7.11 Å². The normalized spacial score (nSPS) is 10.7. The zero-order valence-electron chi connectivity index (χ0n) is 13.0. The van der Waals surface area contributed by atoms with Gasteiger partial charge in [0.1, 0.15) is 24.6 Å². The van der Waals surface area contributed by atoms with Gasteiger partial charge in [-0.1, -0.05) is 11.6 Å². The van der Waals surface area contributed by atoms with Crippen LogP contribution in [0.2, 0.25) is 5.02 Å². The maximum Gasteiger partial charge on any atom is 0.158 e. The minimum absolute atomic E-state index is 0.730. The van der Waals surface area contributed by atoms with Crippen molar-refractivity contribution in [3.8, 4) is 17.1 Å². The molecule has 0 aliphatic carbocycles. The standard InChI is InChI=1S/C19H18ClNO2/c1-22-17-8-2-14(3-9-17)12-21-13-18-10-11-19(23-18)15-4-6-16(20)7-5-15/h2-11,21H,12-13H2,1H3/p+1. The summed E-state index contributed by atoms with van der Waals surface area (Å²) < 4.78 is 11.1. The van der Waals surface area contributed by atoms with Crippen molar-refractivity contribution in [1.29, 1.82) is 0 Å². The van der Waals surface area contributed by atoms with Crippen LogP contribution in [0.15, 0.2) is 65.1 Å². The summed E-state index contributed by atoms with van der Waals surface area (Å²) in [4.78, 5) is 0. The van der Waals surface area contributed by atoms with Crippen LogP contribution in [0, 0.1) is 0 Å². The molecule has 23 heavy (non-hydrogen) atoms. The zero-order chi connectivity index (χ0) is 16.1. The van der Waals surface area contributed by atoms with Gasteiger partial charge in [-0.15, -0.1) is 0 Å². The Morgan fingerprint density at radius 1 is 0.913 bits per heavy atom. The second-order valence-electron chi connectivity index (χ2n) is 5.32. The summed E-state index contributed by atoms with van der Waals surface area (Å²) in [7, 11) is 1.68. The van der Waals surface area contributed by atoms with Crippen molar-refractivity contribution >= 4 is 11.6 Å². The maximum absolute atomic E-state index is 5.91. The fraction of sp³-hybridized carbons (Fsp3) is 0.158. The Morgan fingerprint density at radius 2 is 1.65 bits per heavy atom. The molecule has 0 bridgehead atoms. The first-order chi connectivity index (χ1) is 11.2. The van der Waals surface area contributed by atoms with E-state index in [4.69, 9.17) is 20.8 Å². The number of ether oxygens (including phenoxy) is 1. The van der Waals surface area contributed by atoms with E-state index in [0.29, 0.717) is 0 Å². The third-order valence-electron chi connectivity index (χ3n) is 3.68. The van der Waals surface area contributed by atoms with Crippen molar-refractivity contribution < 1.29 is 14.5 Å². The van der Waals surface area contributed by atoms with Gasteiger partial charge in [0.15, 0.2) is 5.76 Å². The van der Waals surface area contributed by atoms with Crippen molar-refractivity contribution in [3.63, 3.8) is 0 Å². The minimum atomic E-state index is 0.730. The van der Waals surface area contributed by atoms with Gasteiger partial charge in [-0.2, -0.15) is 0 Å². The number of quaternary nitrogens is 1. The van der Waals surface area contributed by atoms with Gasteiger partial charge in [-0.05, 0) is 60.7 Å². The molecule has 3 rings (SSSR count). The summed E-state index contributed by atoms with van der Waals surface area (Å²) in [5.41, 5.74) is 2.30. The topological polar surface area (TPSA) is 39.0 Å². The van der Waals surface area contributed by atoms with Crippen LogP contribution in [-0.2, 0) is 13.1 Å². The van der Waals surface area contributed by atoms with Crippen LogP contribution in [0.3, 0.4) is 0 Å². The molecule has 0 atom stereocenters. The summed E-state index contributed by atoms with van der Waals surface area (Å²) >= 11 is 5.91. The average molecular weight is 329 g/mol. The van der Waals surface area contributed by atoms with Crippen LogP contribution < -0.4 is 10.1 Å². The highest BCUT2D eigenvalue weighted by Gasteiger charge is 2.06. The number of rotatable bonds is 6. The molecule has 0 saturated heterocycles. The van der Waals surface area contributed by atoms with Gasteiger partial charge in [-0.25, -0.2) is 0 Å². The van der Waals surface area contributed by atoms with Gasteiger partial charge in [0.25, 0.3) is 0 Å². The van der Waals surface area contributed by atoms with E-state index in [0.717, 1.165) is 40.9 Å². The highest BCUT2D eigenvalue weighted by Crippen LogP contribution is 2.23. The summed E-state index contributed by atoms with van der Waals surface area (Å²) in [5, 5.41) is 2.94. The summed E-state index contributed by atoms with van der Waals surface area (Å²) in [6, 6.07) is 19.8. The fourth-order valence-electron chi connectivity index (χ4n) is 2.40. The number of benzene rings is 2. The van der Waals surface area contributed by atoms with Crippen LogP contribution in [-0.4, -0.2) is 7.11 Å². The lowest BCUT2D eigenvalue weighted by Crippen LogP contribution is -2.80. The molecule has 0 spiro atoms. The molecule has 0 amide bonds. The van der Waals surface area contributed by atoms with Gasteiger partial charge >= 0.3 is 0 Å². The summed E-state index contributed by atoms with van der Waals surface area (Å²) in [6.45, 7) is 1.71. The molecule has 2 N–H and O–H groups in total. The van der Waals surface area contributed by atoms with Gasteiger partial charge in [0.2, 0.25) is 0 Å². The molecule has 1 heterocycles. The lowest BCUT2D eigenvalue weighted by molar-refractivity contribution is -0.687. The van der Waals surface area contributed by atoms with Crippen LogP contribution in [0.1, 0.15) is 11.3 Å². The number of hydrogen-bond donors (Lipinski definition) is 1. The number of nitrogens with two attached hydrogens (primary N) is 1. The van der Waals surface area contributed by atoms with Crippen LogP contribution in [0.5, 0.6) is 5.75 Å². The van der Waals surface area contributed by atoms with Crippen LogP contribution in [0.4, 0.5) is 0 Å². The van der Waals surface area contributed by atoms with Crippen molar-refractivity contribution in [2.75, 3.05) is 7.11 Å². The quantitative estimate of drug-likeness (QED) is 0.746. The van der Waals surface area contributed by atoms with Gasteiger partial charge in [0, 0.05) is 16.1 Å². The van der Waals surface area contributed by atoms with Crippen molar-refractivity contribution in [2.45, 2.75) is 13.1 Å². The number of methoxy groups -OCH3 is 1. The van der Waals surface area contributed by atoms with E-state index in [1.165, 1.54) is 5.56 Å². The van der Waals surface area contributed by atoms with Crippen molar-refractivity contribution in [1.82, 2.24) is 0 Å². The summed E-state index contributed by atoms with van der Waals surface area (Å²) in [5.74, 6) is 2.71. The van der Waals surface area contributed by atoms with E-state index in [9.17, 15) is 0 Å². The second-order valence-corrected chi connectivity index (χ2v) is 5.75. The molecule has 0 saturated carbocycles. The number of hydrogen-bond acceptors (Lipinski definition) is 2. The highest BCUT2D eigenvalue weighted by atomic mass is 35.5. The second kappa shape index (κ2) is 7.36. The van der Waals surface area contributed by atoms with E-state index in [1.54, 1.807) is 7.11 Å². The lowest BCUT2D eigenvalue weighted by Gasteiger charge is -2.02. The Hall–Kier alpha value is -2.23. The molecule has 118 valence electrons. The third-order valence-corrected chi connectivity index (χ3v) is 3.93. The molecule has 3 nitrogen and oxygen atoms in total. The van der Waals surface area contributed by atoms with Gasteiger partial charge < -0.3 is 14.5 Å². The van der Waals surface area contributed by atoms with E-state index < -0.39 is 0 Å². The average Bonchev–Trinajstić information content (AvgIpc) is 3.05. The first kappa shape index (κ1) is 15.7. The van der Waals surface area contributed by atoms with Gasteiger partial charge in [-0.3, -0.25) is 0 Å². The molecule has 2 aromatic carbocycles. The number of halogens is 1. The molecule has 4 heteroatoms. The Morgan fingerprint density at radius 3 is 2.35 bits per heavy atom. The predicted molar refractivity (Wildman–Crippen MR) is 91.5 cm³/mol. The molecule has 0 fully saturated rings. The molecular formula is C19H19ClNO2+. The van der Waals surface area contributed by atoms with E-state index >= 15 is 0 Å². The first-order valence-electron chi connectivity index (χ1n) is 7.54. The lowest BCUT2D eigenvalue weighted by atomic mass is 10.2. The van der Waals surface area contributed by atoms with E-state index in [-0.39, 0.29) is 0 Å². The third kappa shape index (κ3) is 4.15. The fourth-order valence-corrected chi connectivity index (χ4v) is 2.53. The van der Waals surface area contributed by atoms with E-state index in [2.05, 4.69) is 17.4 Å². The minimum Gasteiger partial charge on any atom is -0.497 e. The molecular weight excluding hydrogens is 310 g/mol. The van der Waals surface area contributed by atoms with Crippen molar-refractivity contribution in [3.05, 3.63) is 77.0 Å². The Balaban J connectivity index is 1.55. The molecule has 0 aliphatic heterocycles. The Bertz CT molecular complexity index is 748. The summed E-state index contributed by atoms with van der Waals surface area (Å²) in [6.07, 6.45) is 0. The zero-order valence-corrected chi connectivity index (χ0v) is 13.7. The number of furan rings is 1. The first-order valence-corrected chi connectivity index (χ1v) is 7.91. The maximum atomic E-state index is 5.91. The molecule has 1 aromatic heterocycles. The molecule has 0 radical (unpaired) electrons. The molecule has 0 unspecified atom stereocenters. The van der Waals surface area contributed by atoms with E-state index in [1.807, 2.05) is 48.5 Å². The Labute approximate surface area is 140 Å². The predicted octanol–water partition coefficient (Wildman–Crippen LogP) is 3.87. The smallest absolute Gasteiger partial charge is 0.158 e. The van der Waals surface area contributed by atoms with Crippen molar-refractivity contribution in [2.24, 2.45) is 0 Å². The molecule has 3 aromatic rings. The van der Waals surface area contributed by atoms with Crippen LogP contribution in [0.25, 0.3) is 11.3 Å². The molecule has 0 aliphatic rings.